The fourth-order valence-electron chi connectivity index (χ4n) is 2.56. The van der Waals surface area contributed by atoms with E-state index in [0.29, 0.717) is 6.04 Å². The van der Waals surface area contributed by atoms with Crippen LogP contribution < -0.4 is 5.32 Å². The normalized spacial score (nSPS) is 12.5. The van der Waals surface area contributed by atoms with Crippen LogP contribution in [0.25, 0.3) is 0 Å². The van der Waals surface area contributed by atoms with E-state index >= 15 is 0 Å². The molecule has 1 atom stereocenters. The van der Waals surface area contributed by atoms with E-state index in [2.05, 4.69) is 82.4 Å². The second-order valence-electron chi connectivity index (χ2n) is 5.54. The second kappa shape index (κ2) is 8.40. The smallest absolute Gasteiger partial charge is 0.0470 e. The molecule has 114 valence electrons. The first-order valence-corrected chi connectivity index (χ1v) is 8.65. The van der Waals surface area contributed by atoms with Crippen LogP contribution in [0.3, 0.4) is 0 Å². The molecule has 1 heterocycles. The molecule has 0 aliphatic rings. The first-order chi connectivity index (χ1) is 10.2. The van der Waals surface area contributed by atoms with Gasteiger partial charge in [0.25, 0.3) is 0 Å². The number of benzene rings is 1. The molecule has 0 bridgehead atoms. The van der Waals surface area contributed by atoms with Crippen LogP contribution in [0.2, 0.25) is 0 Å². The summed E-state index contributed by atoms with van der Waals surface area (Å²) in [6, 6.07) is 11.3. The summed E-state index contributed by atoms with van der Waals surface area (Å²) in [7, 11) is 0. The Labute approximate surface area is 136 Å². The molecule has 2 aromatic rings. The average molecular weight is 349 g/mol. The van der Waals surface area contributed by atoms with Gasteiger partial charge in [-0.2, -0.15) is 0 Å². The quantitative estimate of drug-likeness (QED) is 0.698. The van der Waals surface area contributed by atoms with Crippen molar-refractivity contribution in [3.63, 3.8) is 0 Å². The SMILES string of the molecule is CCCNC(CCC)c1ccn(Cc2ccc(Br)cc2)c1. The molecule has 0 saturated carbocycles. The Morgan fingerprint density at radius 3 is 2.52 bits per heavy atom. The third-order valence-corrected chi connectivity index (χ3v) is 4.20. The van der Waals surface area contributed by atoms with Gasteiger partial charge in [-0.1, -0.05) is 48.3 Å². The minimum atomic E-state index is 0.487. The van der Waals surface area contributed by atoms with Crippen molar-refractivity contribution in [3.05, 3.63) is 58.3 Å². The molecule has 3 heteroatoms. The number of hydrogen-bond acceptors (Lipinski definition) is 1. The van der Waals surface area contributed by atoms with Gasteiger partial charge in [-0.3, -0.25) is 0 Å². The second-order valence-corrected chi connectivity index (χ2v) is 6.45. The minimum absolute atomic E-state index is 0.487. The average Bonchev–Trinajstić information content (AvgIpc) is 2.94. The molecule has 0 amide bonds. The zero-order valence-corrected chi connectivity index (χ0v) is 14.6. The highest BCUT2D eigenvalue weighted by Gasteiger charge is 2.10. The van der Waals surface area contributed by atoms with Gasteiger partial charge in [0.2, 0.25) is 0 Å². The first kappa shape index (κ1) is 16.3. The molecular formula is C18H25BrN2. The maximum Gasteiger partial charge on any atom is 0.0470 e. The van der Waals surface area contributed by atoms with Gasteiger partial charge in [0, 0.05) is 29.5 Å². The summed E-state index contributed by atoms with van der Waals surface area (Å²) >= 11 is 3.48. The molecular weight excluding hydrogens is 324 g/mol. The number of rotatable bonds is 8. The summed E-state index contributed by atoms with van der Waals surface area (Å²) in [5.41, 5.74) is 2.73. The van der Waals surface area contributed by atoms with Gasteiger partial charge >= 0.3 is 0 Å². The van der Waals surface area contributed by atoms with E-state index in [1.165, 1.54) is 30.4 Å². The number of hydrogen-bond donors (Lipinski definition) is 1. The largest absolute Gasteiger partial charge is 0.350 e. The molecule has 0 aliphatic carbocycles. The maximum absolute atomic E-state index is 3.65. The fourth-order valence-corrected chi connectivity index (χ4v) is 2.82. The van der Waals surface area contributed by atoms with Crippen LogP contribution in [0.4, 0.5) is 0 Å². The molecule has 0 spiro atoms. The highest BCUT2D eigenvalue weighted by Crippen LogP contribution is 2.20. The van der Waals surface area contributed by atoms with E-state index < -0.39 is 0 Å². The van der Waals surface area contributed by atoms with E-state index in [1.807, 2.05) is 0 Å². The standard InChI is InChI=1S/C18H25BrN2/c1-3-5-18(20-11-4-2)16-10-12-21(14-16)13-15-6-8-17(19)9-7-15/h6-10,12,14,18,20H,3-5,11,13H2,1-2H3. The predicted molar refractivity (Wildman–Crippen MR) is 93.6 cm³/mol. The van der Waals surface area contributed by atoms with Gasteiger partial charge < -0.3 is 9.88 Å². The Morgan fingerprint density at radius 1 is 1.10 bits per heavy atom. The number of halogens is 1. The van der Waals surface area contributed by atoms with Crippen molar-refractivity contribution in [2.45, 2.75) is 45.7 Å². The molecule has 0 fully saturated rings. The lowest BCUT2D eigenvalue weighted by atomic mass is 10.1. The lowest BCUT2D eigenvalue weighted by molar-refractivity contribution is 0.493. The lowest BCUT2D eigenvalue weighted by Crippen LogP contribution is -2.21. The first-order valence-electron chi connectivity index (χ1n) is 7.86. The van der Waals surface area contributed by atoms with E-state index in [4.69, 9.17) is 0 Å². The van der Waals surface area contributed by atoms with E-state index in [9.17, 15) is 0 Å². The molecule has 0 saturated heterocycles. The highest BCUT2D eigenvalue weighted by molar-refractivity contribution is 9.10. The van der Waals surface area contributed by atoms with Gasteiger partial charge in [-0.25, -0.2) is 0 Å². The van der Waals surface area contributed by atoms with Crippen LogP contribution in [0.1, 0.15) is 50.3 Å². The Kier molecular flexibility index (Phi) is 6.52. The fraction of sp³-hybridized carbons (Fsp3) is 0.444. The molecule has 1 unspecified atom stereocenters. The molecule has 1 aromatic heterocycles. The highest BCUT2D eigenvalue weighted by atomic mass is 79.9. The van der Waals surface area contributed by atoms with Crippen molar-refractivity contribution in [1.82, 2.24) is 9.88 Å². The van der Waals surface area contributed by atoms with E-state index in [1.54, 1.807) is 0 Å². The third-order valence-electron chi connectivity index (χ3n) is 3.67. The zero-order chi connectivity index (χ0) is 15.1. The van der Waals surface area contributed by atoms with Crippen molar-refractivity contribution < 1.29 is 0 Å². The Morgan fingerprint density at radius 2 is 1.86 bits per heavy atom. The monoisotopic (exact) mass is 348 g/mol. The number of nitrogens with one attached hydrogen (secondary N) is 1. The number of aromatic nitrogens is 1. The summed E-state index contributed by atoms with van der Waals surface area (Å²) in [6.45, 7) is 6.48. The predicted octanol–water partition coefficient (Wildman–Crippen LogP) is 5.14. The van der Waals surface area contributed by atoms with Crippen molar-refractivity contribution in [3.8, 4) is 0 Å². The molecule has 2 nitrogen and oxygen atoms in total. The zero-order valence-electron chi connectivity index (χ0n) is 13.0. The van der Waals surface area contributed by atoms with Gasteiger partial charge in [0.05, 0.1) is 0 Å². The summed E-state index contributed by atoms with van der Waals surface area (Å²) in [5, 5.41) is 3.65. The Balaban J connectivity index is 2.03. The summed E-state index contributed by atoms with van der Waals surface area (Å²) in [4.78, 5) is 0. The molecule has 0 aliphatic heterocycles. The molecule has 1 aromatic carbocycles. The van der Waals surface area contributed by atoms with Crippen LogP contribution in [-0.2, 0) is 6.54 Å². The van der Waals surface area contributed by atoms with Crippen molar-refractivity contribution in [1.29, 1.82) is 0 Å². The van der Waals surface area contributed by atoms with Gasteiger partial charge in [0.15, 0.2) is 0 Å². The number of nitrogens with zero attached hydrogens (tertiary/aromatic N) is 1. The third kappa shape index (κ3) is 5.01. The minimum Gasteiger partial charge on any atom is -0.350 e. The summed E-state index contributed by atoms with van der Waals surface area (Å²) < 4.78 is 3.40. The maximum atomic E-state index is 3.65. The van der Waals surface area contributed by atoms with Gasteiger partial charge in [-0.05, 0) is 48.7 Å². The summed E-state index contributed by atoms with van der Waals surface area (Å²) in [5.74, 6) is 0. The molecule has 0 radical (unpaired) electrons. The van der Waals surface area contributed by atoms with Crippen LogP contribution in [-0.4, -0.2) is 11.1 Å². The van der Waals surface area contributed by atoms with Gasteiger partial charge in [-0.15, -0.1) is 0 Å². The molecule has 1 N–H and O–H groups in total. The molecule has 2 rings (SSSR count). The van der Waals surface area contributed by atoms with Crippen LogP contribution >= 0.6 is 15.9 Å². The summed E-state index contributed by atoms with van der Waals surface area (Å²) in [6.07, 6.45) is 8.06. The lowest BCUT2D eigenvalue weighted by Gasteiger charge is -2.16. The van der Waals surface area contributed by atoms with Crippen molar-refractivity contribution in [2.24, 2.45) is 0 Å². The van der Waals surface area contributed by atoms with Gasteiger partial charge in [0.1, 0.15) is 0 Å². The van der Waals surface area contributed by atoms with Crippen LogP contribution in [0.15, 0.2) is 47.2 Å². The van der Waals surface area contributed by atoms with Crippen molar-refractivity contribution >= 4 is 15.9 Å². The van der Waals surface area contributed by atoms with E-state index in [-0.39, 0.29) is 0 Å². The molecule has 21 heavy (non-hydrogen) atoms. The Bertz CT molecular complexity index is 530. The Hall–Kier alpha value is -1.06. The van der Waals surface area contributed by atoms with Crippen LogP contribution in [0.5, 0.6) is 0 Å². The van der Waals surface area contributed by atoms with E-state index in [0.717, 1.165) is 17.6 Å². The van der Waals surface area contributed by atoms with Crippen LogP contribution in [0, 0.1) is 0 Å². The topological polar surface area (TPSA) is 17.0 Å². The van der Waals surface area contributed by atoms with Crippen molar-refractivity contribution in [2.75, 3.05) is 6.54 Å².